The van der Waals surface area contributed by atoms with Crippen molar-refractivity contribution in [2.75, 3.05) is 0 Å². The first kappa shape index (κ1) is 9.99. The van der Waals surface area contributed by atoms with Gasteiger partial charge in [0.1, 0.15) is 11.7 Å². The third-order valence-electron chi connectivity index (χ3n) is 1.44. The van der Waals surface area contributed by atoms with E-state index in [0.29, 0.717) is 0 Å². The van der Waals surface area contributed by atoms with Crippen molar-refractivity contribution in [2.45, 2.75) is 12.8 Å². The first-order valence-electron chi connectivity index (χ1n) is 3.12. The maximum absolute atomic E-state index is 8.53. The fourth-order valence-electron chi connectivity index (χ4n) is 0.852. The highest BCUT2D eigenvalue weighted by Crippen LogP contribution is 2.08. The average molecular weight is 172 g/mol. The molecule has 1 heterocycles. The molecular formula is C7H10ClN3. The molecule has 1 aromatic rings. The van der Waals surface area contributed by atoms with Crippen LogP contribution in [0.4, 0.5) is 0 Å². The van der Waals surface area contributed by atoms with E-state index in [9.17, 15) is 0 Å². The molecule has 0 aromatic carbocycles. The third kappa shape index (κ3) is 1.95. The summed E-state index contributed by atoms with van der Waals surface area (Å²) in [6.07, 6.45) is 3.53. The van der Waals surface area contributed by atoms with Gasteiger partial charge in [0, 0.05) is 19.4 Å². The highest BCUT2D eigenvalue weighted by Gasteiger charge is 2.06. The SMILES string of the molecule is CC(C#N)c1nccn1C.Cl. The van der Waals surface area contributed by atoms with E-state index in [2.05, 4.69) is 11.1 Å². The van der Waals surface area contributed by atoms with Gasteiger partial charge in [-0.05, 0) is 6.92 Å². The van der Waals surface area contributed by atoms with E-state index in [-0.39, 0.29) is 18.3 Å². The van der Waals surface area contributed by atoms with Crippen LogP contribution in [0.25, 0.3) is 0 Å². The molecule has 0 aliphatic heterocycles. The van der Waals surface area contributed by atoms with E-state index in [1.165, 1.54) is 0 Å². The minimum atomic E-state index is -0.111. The fraction of sp³-hybridized carbons (Fsp3) is 0.429. The summed E-state index contributed by atoms with van der Waals surface area (Å²) in [7, 11) is 1.89. The molecule has 0 aliphatic rings. The van der Waals surface area contributed by atoms with Gasteiger partial charge in [-0.1, -0.05) is 0 Å². The molecule has 0 bridgehead atoms. The van der Waals surface area contributed by atoms with E-state index in [0.717, 1.165) is 5.82 Å². The van der Waals surface area contributed by atoms with Gasteiger partial charge >= 0.3 is 0 Å². The summed E-state index contributed by atoms with van der Waals surface area (Å²) in [5.74, 6) is 0.711. The van der Waals surface area contributed by atoms with Gasteiger partial charge in [-0.3, -0.25) is 0 Å². The minimum absolute atomic E-state index is 0. The predicted octanol–water partition coefficient (Wildman–Crippen LogP) is 1.47. The van der Waals surface area contributed by atoms with E-state index in [4.69, 9.17) is 5.26 Å². The van der Waals surface area contributed by atoms with Crippen LogP contribution in [0.3, 0.4) is 0 Å². The first-order valence-corrected chi connectivity index (χ1v) is 3.12. The Morgan fingerprint density at radius 3 is 2.73 bits per heavy atom. The van der Waals surface area contributed by atoms with Crippen molar-refractivity contribution in [1.29, 1.82) is 5.26 Å². The molecule has 11 heavy (non-hydrogen) atoms. The van der Waals surface area contributed by atoms with Crippen LogP contribution in [-0.4, -0.2) is 9.55 Å². The Balaban J connectivity index is 0.000001000. The lowest BCUT2D eigenvalue weighted by atomic mass is 10.2. The number of nitriles is 1. The van der Waals surface area contributed by atoms with Gasteiger partial charge in [-0.25, -0.2) is 4.98 Å². The molecule has 0 spiro atoms. The van der Waals surface area contributed by atoms with Crippen molar-refractivity contribution in [3.63, 3.8) is 0 Å². The van der Waals surface area contributed by atoms with E-state index in [1.807, 2.05) is 24.7 Å². The zero-order chi connectivity index (χ0) is 7.56. The van der Waals surface area contributed by atoms with Gasteiger partial charge in [0.05, 0.1) is 6.07 Å². The van der Waals surface area contributed by atoms with Crippen LogP contribution in [-0.2, 0) is 7.05 Å². The van der Waals surface area contributed by atoms with Crippen molar-refractivity contribution >= 4 is 12.4 Å². The van der Waals surface area contributed by atoms with Crippen LogP contribution in [0, 0.1) is 11.3 Å². The van der Waals surface area contributed by atoms with Gasteiger partial charge < -0.3 is 4.57 Å². The van der Waals surface area contributed by atoms with Crippen LogP contribution >= 0.6 is 12.4 Å². The van der Waals surface area contributed by atoms with Gasteiger partial charge in [0.15, 0.2) is 0 Å². The maximum Gasteiger partial charge on any atom is 0.125 e. The third-order valence-corrected chi connectivity index (χ3v) is 1.44. The Hall–Kier alpha value is -1.01. The molecule has 3 nitrogen and oxygen atoms in total. The summed E-state index contributed by atoms with van der Waals surface area (Å²) >= 11 is 0. The highest BCUT2D eigenvalue weighted by molar-refractivity contribution is 5.85. The molecule has 0 aliphatic carbocycles. The molecule has 1 rings (SSSR count). The molecule has 0 saturated heterocycles. The smallest absolute Gasteiger partial charge is 0.125 e. The second-order valence-electron chi connectivity index (χ2n) is 2.25. The Bertz CT molecular complexity index is 261. The number of nitrogens with zero attached hydrogens (tertiary/aromatic N) is 3. The molecule has 4 heteroatoms. The quantitative estimate of drug-likeness (QED) is 0.642. The van der Waals surface area contributed by atoms with Crippen LogP contribution in [0.15, 0.2) is 12.4 Å². The van der Waals surface area contributed by atoms with Crippen molar-refractivity contribution in [1.82, 2.24) is 9.55 Å². The number of rotatable bonds is 1. The number of imidazole rings is 1. The number of hydrogen-bond acceptors (Lipinski definition) is 2. The number of aromatic nitrogens is 2. The van der Waals surface area contributed by atoms with Crippen molar-refractivity contribution in [3.05, 3.63) is 18.2 Å². The zero-order valence-corrected chi connectivity index (χ0v) is 7.30. The largest absolute Gasteiger partial charge is 0.337 e. The second-order valence-corrected chi connectivity index (χ2v) is 2.25. The molecule has 1 aromatic heterocycles. The Kier molecular flexibility index (Phi) is 3.63. The summed E-state index contributed by atoms with van der Waals surface area (Å²) in [5.41, 5.74) is 0. The van der Waals surface area contributed by atoms with Gasteiger partial charge in [-0.15, -0.1) is 12.4 Å². The molecule has 60 valence electrons. The van der Waals surface area contributed by atoms with Gasteiger partial charge in [0.25, 0.3) is 0 Å². The van der Waals surface area contributed by atoms with Crippen molar-refractivity contribution in [3.8, 4) is 6.07 Å². The summed E-state index contributed by atoms with van der Waals surface area (Å²) < 4.78 is 1.86. The summed E-state index contributed by atoms with van der Waals surface area (Å²) in [6.45, 7) is 1.84. The summed E-state index contributed by atoms with van der Waals surface area (Å²) in [5, 5.41) is 8.53. The molecule has 0 fully saturated rings. The topological polar surface area (TPSA) is 41.6 Å². The molecule has 0 saturated carbocycles. The Morgan fingerprint density at radius 2 is 2.36 bits per heavy atom. The zero-order valence-electron chi connectivity index (χ0n) is 6.48. The van der Waals surface area contributed by atoms with Gasteiger partial charge in [-0.2, -0.15) is 5.26 Å². The van der Waals surface area contributed by atoms with Crippen LogP contribution in [0.5, 0.6) is 0 Å². The predicted molar refractivity (Wildman–Crippen MR) is 44.5 cm³/mol. The first-order chi connectivity index (χ1) is 4.75. The van der Waals surface area contributed by atoms with E-state index < -0.39 is 0 Å². The lowest BCUT2D eigenvalue weighted by Gasteiger charge is -2.00. The molecule has 0 amide bonds. The fourth-order valence-corrected chi connectivity index (χ4v) is 0.852. The Labute approximate surface area is 72.1 Å². The molecule has 0 N–H and O–H groups in total. The summed E-state index contributed by atoms with van der Waals surface area (Å²) in [4.78, 5) is 4.03. The normalized spacial score (nSPS) is 11.4. The highest BCUT2D eigenvalue weighted by atomic mass is 35.5. The lowest BCUT2D eigenvalue weighted by Crippen LogP contribution is -1.99. The average Bonchev–Trinajstić information content (AvgIpc) is 2.34. The number of halogens is 1. The second kappa shape index (κ2) is 3.99. The lowest BCUT2D eigenvalue weighted by molar-refractivity contribution is 0.762. The van der Waals surface area contributed by atoms with Gasteiger partial charge in [0.2, 0.25) is 0 Å². The minimum Gasteiger partial charge on any atom is -0.337 e. The maximum atomic E-state index is 8.53. The van der Waals surface area contributed by atoms with E-state index in [1.54, 1.807) is 6.20 Å². The molecule has 1 atom stereocenters. The molecule has 1 unspecified atom stereocenters. The number of hydrogen-bond donors (Lipinski definition) is 0. The number of aryl methyl sites for hydroxylation is 1. The van der Waals surface area contributed by atoms with Crippen molar-refractivity contribution < 1.29 is 0 Å². The van der Waals surface area contributed by atoms with E-state index >= 15 is 0 Å². The molecular weight excluding hydrogens is 162 g/mol. The van der Waals surface area contributed by atoms with Crippen LogP contribution < -0.4 is 0 Å². The monoisotopic (exact) mass is 171 g/mol. The summed E-state index contributed by atoms with van der Waals surface area (Å²) in [6, 6.07) is 2.12. The Morgan fingerprint density at radius 1 is 1.73 bits per heavy atom. The standard InChI is InChI=1S/C7H9N3.ClH/c1-6(5-8)7-9-3-4-10(7)2;/h3-4,6H,1-2H3;1H. The van der Waals surface area contributed by atoms with Crippen LogP contribution in [0.2, 0.25) is 0 Å². The molecule has 0 radical (unpaired) electrons. The van der Waals surface area contributed by atoms with Crippen molar-refractivity contribution in [2.24, 2.45) is 7.05 Å². The van der Waals surface area contributed by atoms with Crippen LogP contribution in [0.1, 0.15) is 18.7 Å².